The van der Waals surface area contributed by atoms with Crippen LogP contribution in [0.3, 0.4) is 0 Å². The van der Waals surface area contributed by atoms with Gasteiger partial charge < -0.3 is 15.2 Å². The lowest BCUT2D eigenvalue weighted by molar-refractivity contribution is -0.138. The standard InChI is InChI=1S/C18H19NO4S/c1-10-6-12-8-15(23-14(12)7-11(10)2)18(22)19-13(9-17(20)21)16-4-3-5-24-16/h3-7,13,15H,8-9H2,1-2H3,(H,19,22)(H,20,21)/t13-,15-/m0/s1. The molecule has 0 saturated carbocycles. The predicted molar refractivity (Wildman–Crippen MR) is 91.5 cm³/mol. The van der Waals surface area contributed by atoms with Crippen LogP contribution in [0.25, 0.3) is 0 Å². The first-order valence-electron chi connectivity index (χ1n) is 7.76. The number of fused-ring (bicyclic) bond motifs is 1. The van der Waals surface area contributed by atoms with Crippen LogP contribution < -0.4 is 10.1 Å². The zero-order valence-corrected chi connectivity index (χ0v) is 14.4. The zero-order chi connectivity index (χ0) is 17.3. The molecular weight excluding hydrogens is 326 g/mol. The molecule has 1 aromatic carbocycles. The summed E-state index contributed by atoms with van der Waals surface area (Å²) >= 11 is 1.43. The van der Waals surface area contributed by atoms with Crippen molar-refractivity contribution in [3.8, 4) is 5.75 Å². The summed E-state index contributed by atoms with van der Waals surface area (Å²) in [6, 6.07) is 7.13. The Morgan fingerprint density at radius 2 is 2.12 bits per heavy atom. The number of carboxylic acids is 1. The highest BCUT2D eigenvalue weighted by atomic mass is 32.1. The number of carbonyl (C=O) groups is 2. The number of hydrogen-bond donors (Lipinski definition) is 2. The van der Waals surface area contributed by atoms with E-state index in [-0.39, 0.29) is 12.3 Å². The highest BCUT2D eigenvalue weighted by molar-refractivity contribution is 7.10. The van der Waals surface area contributed by atoms with Gasteiger partial charge in [0.15, 0.2) is 6.10 Å². The maximum atomic E-state index is 12.5. The molecular formula is C18H19NO4S. The minimum Gasteiger partial charge on any atom is -0.481 e. The van der Waals surface area contributed by atoms with E-state index >= 15 is 0 Å². The second kappa shape index (κ2) is 6.65. The number of amides is 1. The lowest BCUT2D eigenvalue weighted by atomic mass is 10.0. The molecule has 1 amide bonds. The highest BCUT2D eigenvalue weighted by Gasteiger charge is 2.31. The molecule has 5 nitrogen and oxygen atoms in total. The number of rotatable bonds is 5. The molecule has 0 bridgehead atoms. The Kier molecular flexibility index (Phi) is 4.57. The molecule has 0 fully saturated rings. The molecule has 1 aliphatic rings. The van der Waals surface area contributed by atoms with Gasteiger partial charge in [-0.1, -0.05) is 12.1 Å². The second-order valence-corrected chi connectivity index (χ2v) is 7.01. The van der Waals surface area contributed by atoms with Crippen LogP contribution in [0, 0.1) is 13.8 Å². The van der Waals surface area contributed by atoms with Crippen LogP contribution >= 0.6 is 11.3 Å². The van der Waals surface area contributed by atoms with Crippen LogP contribution in [-0.2, 0) is 16.0 Å². The molecule has 2 aromatic rings. The van der Waals surface area contributed by atoms with Crippen molar-refractivity contribution in [3.63, 3.8) is 0 Å². The van der Waals surface area contributed by atoms with E-state index in [1.807, 2.05) is 43.5 Å². The van der Waals surface area contributed by atoms with E-state index in [1.165, 1.54) is 16.9 Å². The molecule has 1 aromatic heterocycles. The van der Waals surface area contributed by atoms with Crippen molar-refractivity contribution in [2.24, 2.45) is 0 Å². The van der Waals surface area contributed by atoms with Gasteiger partial charge in [-0.05, 0) is 48.1 Å². The van der Waals surface area contributed by atoms with Crippen LogP contribution in [-0.4, -0.2) is 23.1 Å². The van der Waals surface area contributed by atoms with Gasteiger partial charge in [-0.3, -0.25) is 9.59 Å². The Morgan fingerprint density at radius 1 is 1.38 bits per heavy atom. The van der Waals surface area contributed by atoms with E-state index < -0.39 is 18.1 Å². The average Bonchev–Trinajstić information content (AvgIpc) is 3.16. The van der Waals surface area contributed by atoms with Gasteiger partial charge in [0, 0.05) is 11.3 Å². The van der Waals surface area contributed by atoms with Crippen molar-refractivity contribution in [1.29, 1.82) is 0 Å². The maximum Gasteiger partial charge on any atom is 0.305 e. The van der Waals surface area contributed by atoms with E-state index in [9.17, 15) is 9.59 Å². The summed E-state index contributed by atoms with van der Waals surface area (Å²) in [5.41, 5.74) is 3.31. The monoisotopic (exact) mass is 345 g/mol. The number of ether oxygens (including phenoxy) is 1. The molecule has 2 atom stereocenters. The lowest BCUT2D eigenvalue weighted by Gasteiger charge is -2.18. The first-order chi connectivity index (χ1) is 11.4. The molecule has 1 aliphatic heterocycles. The fourth-order valence-corrected chi connectivity index (χ4v) is 3.59. The summed E-state index contributed by atoms with van der Waals surface area (Å²) in [5, 5.41) is 13.8. The molecule has 0 radical (unpaired) electrons. The number of hydrogen-bond acceptors (Lipinski definition) is 4. The van der Waals surface area contributed by atoms with E-state index in [2.05, 4.69) is 5.32 Å². The van der Waals surface area contributed by atoms with Crippen molar-refractivity contribution in [2.75, 3.05) is 0 Å². The minimum atomic E-state index is -0.949. The average molecular weight is 345 g/mol. The van der Waals surface area contributed by atoms with Crippen molar-refractivity contribution in [3.05, 3.63) is 51.2 Å². The topological polar surface area (TPSA) is 75.6 Å². The third-order valence-electron chi connectivity index (χ3n) is 4.23. The summed E-state index contributed by atoms with van der Waals surface area (Å²) in [7, 11) is 0. The molecule has 0 unspecified atom stereocenters. The van der Waals surface area contributed by atoms with Crippen LogP contribution in [0.1, 0.15) is 34.0 Å². The first-order valence-corrected chi connectivity index (χ1v) is 8.64. The number of aryl methyl sites for hydroxylation is 2. The molecule has 6 heteroatoms. The van der Waals surface area contributed by atoms with Crippen molar-refractivity contribution in [1.82, 2.24) is 5.32 Å². The number of benzene rings is 1. The third-order valence-corrected chi connectivity index (χ3v) is 5.21. The second-order valence-electron chi connectivity index (χ2n) is 6.03. The molecule has 0 saturated heterocycles. The number of nitrogens with one attached hydrogen (secondary N) is 1. The summed E-state index contributed by atoms with van der Waals surface area (Å²) < 4.78 is 5.77. The van der Waals surface area contributed by atoms with Gasteiger partial charge in [0.2, 0.25) is 0 Å². The van der Waals surface area contributed by atoms with Gasteiger partial charge in [0.1, 0.15) is 5.75 Å². The van der Waals surface area contributed by atoms with Crippen LogP contribution in [0.15, 0.2) is 29.6 Å². The molecule has 2 N–H and O–H groups in total. The van der Waals surface area contributed by atoms with E-state index in [4.69, 9.17) is 9.84 Å². The molecule has 0 aliphatic carbocycles. The quantitative estimate of drug-likeness (QED) is 0.873. The molecule has 24 heavy (non-hydrogen) atoms. The number of carbonyl (C=O) groups excluding carboxylic acids is 1. The fourth-order valence-electron chi connectivity index (χ4n) is 2.81. The van der Waals surface area contributed by atoms with Crippen LogP contribution in [0.4, 0.5) is 0 Å². The van der Waals surface area contributed by atoms with Gasteiger partial charge in [-0.2, -0.15) is 0 Å². The van der Waals surface area contributed by atoms with E-state index in [1.54, 1.807) is 0 Å². The largest absolute Gasteiger partial charge is 0.481 e. The highest BCUT2D eigenvalue weighted by Crippen LogP contribution is 2.32. The summed E-state index contributed by atoms with van der Waals surface area (Å²) in [6.45, 7) is 4.04. The first kappa shape index (κ1) is 16.5. The Balaban J connectivity index is 1.71. The zero-order valence-electron chi connectivity index (χ0n) is 13.5. The Morgan fingerprint density at radius 3 is 2.79 bits per heavy atom. The van der Waals surface area contributed by atoms with Crippen molar-refractivity contribution < 1.29 is 19.4 Å². The summed E-state index contributed by atoms with van der Waals surface area (Å²) in [6.07, 6.45) is -0.256. The van der Waals surface area contributed by atoms with Gasteiger partial charge in [0.25, 0.3) is 5.91 Å². The molecule has 2 heterocycles. The predicted octanol–water partition coefficient (Wildman–Crippen LogP) is 3.00. The maximum absolute atomic E-state index is 12.5. The van der Waals surface area contributed by atoms with Crippen molar-refractivity contribution >= 4 is 23.2 Å². The van der Waals surface area contributed by atoms with Gasteiger partial charge in [0.05, 0.1) is 12.5 Å². The van der Waals surface area contributed by atoms with Crippen LogP contribution in [0.2, 0.25) is 0 Å². The number of aliphatic carboxylic acids is 1. The Bertz CT molecular complexity index is 739. The SMILES string of the molecule is Cc1cc2c(cc1C)O[C@H](C(=O)N[C@@H](CC(=O)O)c1cccs1)C2. The summed E-state index contributed by atoms with van der Waals surface area (Å²) in [5.74, 6) is -0.485. The Hall–Kier alpha value is -2.34. The smallest absolute Gasteiger partial charge is 0.305 e. The van der Waals surface area contributed by atoms with Gasteiger partial charge in [-0.25, -0.2) is 0 Å². The molecule has 126 valence electrons. The van der Waals surface area contributed by atoms with Gasteiger partial charge >= 0.3 is 5.97 Å². The number of thiophene rings is 1. The molecule has 0 spiro atoms. The number of carboxylic acid groups (broad SMARTS) is 1. The third kappa shape index (κ3) is 3.43. The normalized spacial score (nSPS) is 17.0. The van der Waals surface area contributed by atoms with Gasteiger partial charge in [-0.15, -0.1) is 11.3 Å². The Labute approximate surface area is 144 Å². The lowest BCUT2D eigenvalue weighted by Crippen LogP contribution is -2.40. The fraction of sp³-hybridized carbons (Fsp3) is 0.333. The molecule has 3 rings (SSSR count). The van der Waals surface area contributed by atoms with E-state index in [0.717, 1.165) is 21.8 Å². The van der Waals surface area contributed by atoms with Crippen molar-refractivity contribution in [2.45, 2.75) is 38.8 Å². The van der Waals surface area contributed by atoms with Crippen LogP contribution in [0.5, 0.6) is 5.75 Å². The van der Waals surface area contributed by atoms with E-state index in [0.29, 0.717) is 6.42 Å². The summed E-state index contributed by atoms with van der Waals surface area (Å²) in [4.78, 5) is 24.5. The minimum absolute atomic E-state index is 0.149.